The van der Waals surface area contributed by atoms with Crippen LogP contribution in [0.5, 0.6) is 5.88 Å². The lowest BCUT2D eigenvalue weighted by atomic mass is 10.2. The predicted octanol–water partition coefficient (Wildman–Crippen LogP) is 3.11. The van der Waals surface area contributed by atoms with Crippen molar-refractivity contribution < 1.29 is 14.3 Å². The molecule has 0 bridgehead atoms. The number of carbonyl (C=O) groups excluding carboxylic acids is 2. The molecule has 0 spiro atoms. The van der Waals surface area contributed by atoms with Crippen LogP contribution in [0.2, 0.25) is 10.0 Å². The first-order valence-corrected chi connectivity index (χ1v) is 7.67. The van der Waals surface area contributed by atoms with E-state index in [1.165, 1.54) is 31.3 Å². The van der Waals surface area contributed by atoms with Crippen LogP contribution in [0.1, 0.15) is 10.4 Å². The van der Waals surface area contributed by atoms with Crippen LogP contribution >= 0.6 is 23.2 Å². The summed E-state index contributed by atoms with van der Waals surface area (Å²) in [5.41, 5.74) is 0.777. The van der Waals surface area contributed by atoms with Gasteiger partial charge in [0.15, 0.2) is 0 Å². The van der Waals surface area contributed by atoms with E-state index in [-0.39, 0.29) is 29.8 Å². The average molecular weight is 368 g/mol. The Labute approximate surface area is 149 Å². The molecule has 0 fully saturated rings. The van der Waals surface area contributed by atoms with Crippen molar-refractivity contribution in [1.82, 2.24) is 9.88 Å². The first kappa shape index (κ1) is 18.0. The van der Waals surface area contributed by atoms with Gasteiger partial charge in [0.25, 0.3) is 5.91 Å². The van der Waals surface area contributed by atoms with Gasteiger partial charge in [-0.2, -0.15) is 0 Å². The molecule has 2 rings (SSSR count). The summed E-state index contributed by atoms with van der Waals surface area (Å²) in [5.74, 6) is -0.532. The Bertz CT molecular complexity index is 768. The van der Waals surface area contributed by atoms with Gasteiger partial charge in [0.2, 0.25) is 11.8 Å². The lowest BCUT2D eigenvalue weighted by Crippen LogP contribution is -2.35. The summed E-state index contributed by atoms with van der Waals surface area (Å²) in [6.07, 6.45) is 1.52. The second-order valence-electron chi connectivity index (χ2n) is 4.90. The van der Waals surface area contributed by atoms with Crippen LogP contribution in [0.3, 0.4) is 0 Å². The number of nitrogens with zero attached hydrogens (tertiary/aromatic N) is 2. The number of carbonyl (C=O) groups is 2. The largest absolute Gasteiger partial charge is 0.480 e. The minimum atomic E-state index is -0.371. The van der Waals surface area contributed by atoms with E-state index in [1.54, 1.807) is 24.3 Å². The number of aromatic nitrogens is 1. The number of benzene rings is 1. The van der Waals surface area contributed by atoms with Crippen LogP contribution in [0.15, 0.2) is 36.5 Å². The Kier molecular flexibility index (Phi) is 6.00. The highest BCUT2D eigenvalue weighted by molar-refractivity contribution is 6.42. The summed E-state index contributed by atoms with van der Waals surface area (Å²) >= 11 is 11.7. The Hall–Kier alpha value is -2.31. The normalized spacial score (nSPS) is 10.2. The van der Waals surface area contributed by atoms with Gasteiger partial charge in [0.1, 0.15) is 5.56 Å². The van der Waals surface area contributed by atoms with Crippen LogP contribution in [0.25, 0.3) is 0 Å². The molecule has 6 nitrogen and oxygen atoms in total. The molecular formula is C16H15Cl2N3O3. The van der Waals surface area contributed by atoms with Gasteiger partial charge in [-0.05, 0) is 30.3 Å². The van der Waals surface area contributed by atoms with E-state index in [2.05, 4.69) is 10.3 Å². The number of anilines is 1. The minimum Gasteiger partial charge on any atom is -0.480 e. The second kappa shape index (κ2) is 7.99. The summed E-state index contributed by atoms with van der Waals surface area (Å²) in [4.78, 5) is 29.7. The highest BCUT2D eigenvalue weighted by Gasteiger charge is 2.19. The highest BCUT2D eigenvalue weighted by Crippen LogP contribution is 2.25. The number of rotatable bonds is 5. The number of methoxy groups -OCH3 is 1. The molecule has 24 heavy (non-hydrogen) atoms. The summed E-state index contributed by atoms with van der Waals surface area (Å²) < 4.78 is 5.06. The Morgan fingerprint density at radius 1 is 1.25 bits per heavy atom. The molecule has 8 heteroatoms. The molecule has 0 radical (unpaired) electrons. The van der Waals surface area contributed by atoms with Gasteiger partial charge in [-0.1, -0.05) is 23.2 Å². The number of amides is 2. The van der Waals surface area contributed by atoms with Gasteiger partial charge in [-0.15, -0.1) is 0 Å². The molecule has 2 aromatic rings. The fraction of sp³-hybridized carbons (Fsp3) is 0.188. The summed E-state index contributed by atoms with van der Waals surface area (Å²) in [6.45, 7) is -0.142. The van der Waals surface area contributed by atoms with E-state index >= 15 is 0 Å². The van der Waals surface area contributed by atoms with E-state index < -0.39 is 0 Å². The Balaban J connectivity index is 2.02. The first-order chi connectivity index (χ1) is 11.4. The van der Waals surface area contributed by atoms with Crippen molar-refractivity contribution in [2.45, 2.75) is 0 Å². The van der Waals surface area contributed by atoms with Crippen molar-refractivity contribution in [3.8, 4) is 5.88 Å². The predicted molar refractivity (Wildman–Crippen MR) is 92.8 cm³/mol. The van der Waals surface area contributed by atoms with Crippen LogP contribution in [0.4, 0.5) is 5.69 Å². The van der Waals surface area contributed by atoms with Crippen LogP contribution < -0.4 is 10.1 Å². The van der Waals surface area contributed by atoms with Gasteiger partial charge in [0.05, 0.1) is 23.7 Å². The molecule has 1 aromatic heterocycles. The standard InChI is InChI=1S/C16H15Cl2N3O3/c1-21(16(23)11-4-3-7-19-15(11)24-2)9-14(22)20-10-5-6-12(17)13(18)8-10/h3-8H,9H2,1-2H3,(H,20,22). The van der Waals surface area contributed by atoms with Gasteiger partial charge in [-0.25, -0.2) is 4.98 Å². The van der Waals surface area contributed by atoms with Crippen molar-refractivity contribution in [2.24, 2.45) is 0 Å². The fourth-order valence-electron chi connectivity index (χ4n) is 1.98. The van der Waals surface area contributed by atoms with E-state index in [0.717, 1.165) is 0 Å². The van der Waals surface area contributed by atoms with Crippen LogP contribution in [-0.4, -0.2) is 42.4 Å². The zero-order valence-corrected chi connectivity index (χ0v) is 14.6. The molecule has 1 heterocycles. The lowest BCUT2D eigenvalue weighted by Gasteiger charge is -2.18. The molecular weight excluding hydrogens is 353 g/mol. The van der Waals surface area contributed by atoms with Gasteiger partial charge in [-0.3, -0.25) is 9.59 Å². The van der Waals surface area contributed by atoms with Gasteiger partial charge < -0.3 is 15.0 Å². The van der Waals surface area contributed by atoms with E-state index in [4.69, 9.17) is 27.9 Å². The maximum atomic E-state index is 12.4. The average Bonchev–Trinajstić information content (AvgIpc) is 2.57. The zero-order valence-electron chi connectivity index (χ0n) is 13.0. The number of ether oxygens (including phenoxy) is 1. The number of nitrogens with one attached hydrogen (secondary N) is 1. The van der Waals surface area contributed by atoms with Crippen molar-refractivity contribution in [3.63, 3.8) is 0 Å². The topological polar surface area (TPSA) is 71.5 Å². The maximum absolute atomic E-state index is 12.4. The molecule has 0 unspecified atom stereocenters. The first-order valence-electron chi connectivity index (χ1n) is 6.91. The SMILES string of the molecule is COc1ncccc1C(=O)N(C)CC(=O)Nc1ccc(Cl)c(Cl)c1. The molecule has 1 aromatic carbocycles. The monoisotopic (exact) mass is 367 g/mol. The van der Waals surface area contributed by atoms with E-state index in [0.29, 0.717) is 15.7 Å². The molecule has 0 aliphatic rings. The van der Waals surface area contributed by atoms with E-state index in [9.17, 15) is 9.59 Å². The minimum absolute atomic E-state index is 0.142. The fourth-order valence-corrected chi connectivity index (χ4v) is 2.28. The number of halogens is 2. The van der Waals surface area contributed by atoms with Gasteiger partial charge in [0, 0.05) is 18.9 Å². The van der Waals surface area contributed by atoms with Crippen molar-refractivity contribution in [1.29, 1.82) is 0 Å². The molecule has 2 amide bonds. The Morgan fingerprint density at radius 2 is 2.00 bits per heavy atom. The van der Waals surface area contributed by atoms with Crippen molar-refractivity contribution in [2.75, 3.05) is 26.0 Å². The number of hydrogen-bond acceptors (Lipinski definition) is 4. The molecule has 0 aliphatic heterocycles. The van der Waals surface area contributed by atoms with Crippen molar-refractivity contribution in [3.05, 3.63) is 52.1 Å². The lowest BCUT2D eigenvalue weighted by molar-refractivity contribution is -0.116. The van der Waals surface area contributed by atoms with Gasteiger partial charge >= 0.3 is 0 Å². The van der Waals surface area contributed by atoms with E-state index in [1.807, 2.05) is 0 Å². The molecule has 126 valence electrons. The highest BCUT2D eigenvalue weighted by atomic mass is 35.5. The molecule has 0 saturated heterocycles. The third-order valence-electron chi connectivity index (χ3n) is 3.13. The molecule has 0 aliphatic carbocycles. The van der Waals surface area contributed by atoms with Crippen LogP contribution in [-0.2, 0) is 4.79 Å². The molecule has 0 atom stereocenters. The van der Waals surface area contributed by atoms with Crippen molar-refractivity contribution >= 4 is 40.7 Å². The second-order valence-corrected chi connectivity index (χ2v) is 5.71. The zero-order chi connectivity index (χ0) is 17.7. The third kappa shape index (κ3) is 4.37. The summed E-state index contributed by atoms with van der Waals surface area (Å²) in [5, 5.41) is 3.38. The molecule has 1 N–H and O–H groups in total. The quantitative estimate of drug-likeness (QED) is 0.880. The number of hydrogen-bond donors (Lipinski definition) is 1. The maximum Gasteiger partial charge on any atom is 0.259 e. The van der Waals surface area contributed by atoms with Crippen LogP contribution in [0, 0.1) is 0 Å². The Morgan fingerprint density at radius 3 is 2.67 bits per heavy atom. The molecule has 0 saturated carbocycles. The summed E-state index contributed by atoms with van der Waals surface area (Å²) in [7, 11) is 2.94. The third-order valence-corrected chi connectivity index (χ3v) is 3.86. The number of likely N-dealkylation sites (N-methyl/N-ethyl adjacent to an activating group) is 1. The smallest absolute Gasteiger partial charge is 0.259 e. The summed E-state index contributed by atoms with van der Waals surface area (Å²) in [6, 6.07) is 7.95. The number of pyridine rings is 1.